The molecule has 2 aliphatic rings. The van der Waals surface area contributed by atoms with E-state index in [1.807, 2.05) is 35.2 Å². The maximum atomic E-state index is 12.4. The van der Waals surface area contributed by atoms with E-state index in [9.17, 15) is 13.2 Å². The standard InChI is InChI=1S/C20H22N2O3S/c23-20(17-6-7-17)22-11-10-16-8-9-19(12-18(16)13-22)21-26(24,25)14-15-4-2-1-3-5-15/h1-5,8-9,12,17,21H,6-7,10-11,13-14H2. The molecule has 1 aliphatic carbocycles. The van der Waals surface area contributed by atoms with Gasteiger partial charge in [0, 0.05) is 24.7 Å². The van der Waals surface area contributed by atoms with Crippen LogP contribution in [0.3, 0.4) is 0 Å². The molecule has 0 radical (unpaired) electrons. The number of benzene rings is 2. The molecule has 0 atom stereocenters. The molecule has 136 valence electrons. The Bertz CT molecular complexity index is 921. The van der Waals surface area contributed by atoms with Gasteiger partial charge in [0.25, 0.3) is 0 Å². The molecular formula is C20H22N2O3S. The summed E-state index contributed by atoms with van der Waals surface area (Å²) in [4.78, 5) is 14.2. The van der Waals surface area contributed by atoms with Gasteiger partial charge in [-0.05, 0) is 48.1 Å². The summed E-state index contributed by atoms with van der Waals surface area (Å²) in [7, 11) is -3.48. The Morgan fingerprint density at radius 2 is 1.85 bits per heavy atom. The zero-order chi connectivity index (χ0) is 18.1. The van der Waals surface area contributed by atoms with Gasteiger partial charge in [0.15, 0.2) is 0 Å². The van der Waals surface area contributed by atoms with E-state index in [-0.39, 0.29) is 17.6 Å². The van der Waals surface area contributed by atoms with E-state index >= 15 is 0 Å². The third-order valence-corrected chi connectivity index (χ3v) is 6.19. The number of anilines is 1. The van der Waals surface area contributed by atoms with Crippen molar-refractivity contribution in [1.29, 1.82) is 0 Å². The molecule has 1 fully saturated rings. The monoisotopic (exact) mass is 370 g/mol. The number of sulfonamides is 1. The highest BCUT2D eigenvalue weighted by Crippen LogP contribution is 2.33. The van der Waals surface area contributed by atoms with E-state index in [2.05, 4.69) is 4.72 Å². The molecule has 0 spiro atoms. The van der Waals surface area contributed by atoms with Crippen molar-refractivity contribution in [2.24, 2.45) is 5.92 Å². The number of nitrogens with zero attached hydrogens (tertiary/aromatic N) is 1. The summed E-state index contributed by atoms with van der Waals surface area (Å²) in [6.07, 6.45) is 2.83. The molecule has 1 heterocycles. The van der Waals surface area contributed by atoms with Gasteiger partial charge in [-0.1, -0.05) is 36.4 Å². The molecule has 6 heteroatoms. The van der Waals surface area contributed by atoms with Crippen molar-refractivity contribution in [2.75, 3.05) is 11.3 Å². The molecule has 0 aromatic heterocycles. The van der Waals surface area contributed by atoms with Crippen LogP contribution in [0.25, 0.3) is 0 Å². The topological polar surface area (TPSA) is 66.5 Å². The fourth-order valence-corrected chi connectivity index (χ4v) is 4.60. The van der Waals surface area contributed by atoms with E-state index in [0.717, 1.165) is 36.9 Å². The van der Waals surface area contributed by atoms with Crippen LogP contribution in [0.1, 0.15) is 29.5 Å². The Kier molecular flexibility index (Phi) is 4.44. The first kappa shape index (κ1) is 17.1. The molecule has 5 nitrogen and oxygen atoms in total. The van der Waals surface area contributed by atoms with Crippen LogP contribution in [0.5, 0.6) is 0 Å². The smallest absolute Gasteiger partial charge is 0.236 e. The lowest BCUT2D eigenvalue weighted by Crippen LogP contribution is -2.36. The maximum Gasteiger partial charge on any atom is 0.236 e. The summed E-state index contributed by atoms with van der Waals surface area (Å²) in [5, 5.41) is 0. The molecule has 1 N–H and O–H groups in total. The fraction of sp³-hybridized carbons (Fsp3) is 0.350. The number of carbonyl (C=O) groups excluding carboxylic acids is 1. The average Bonchev–Trinajstić information content (AvgIpc) is 3.45. The zero-order valence-corrected chi connectivity index (χ0v) is 15.3. The first-order valence-corrected chi connectivity index (χ1v) is 10.6. The third-order valence-electron chi connectivity index (χ3n) is 4.93. The third kappa shape index (κ3) is 3.90. The van der Waals surface area contributed by atoms with Crippen LogP contribution in [0.2, 0.25) is 0 Å². The van der Waals surface area contributed by atoms with Crippen LogP contribution in [0.15, 0.2) is 48.5 Å². The van der Waals surface area contributed by atoms with Gasteiger partial charge in [0.1, 0.15) is 0 Å². The van der Waals surface area contributed by atoms with Crippen molar-refractivity contribution >= 4 is 21.6 Å². The minimum absolute atomic E-state index is 0.0583. The average molecular weight is 370 g/mol. The molecule has 0 saturated heterocycles. The van der Waals surface area contributed by atoms with Gasteiger partial charge in [-0.15, -0.1) is 0 Å². The normalized spacial score (nSPS) is 16.8. The Hall–Kier alpha value is -2.34. The summed E-state index contributed by atoms with van der Waals surface area (Å²) in [6.45, 7) is 1.32. The van der Waals surface area contributed by atoms with Gasteiger partial charge in [0.05, 0.1) is 5.75 Å². The van der Waals surface area contributed by atoms with E-state index in [1.54, 1.807) is 18.2 Å². The Balaban J connectivity index is 1.48. The van der Waals surface area contributed by atoms with Crippen LogP contribution < -0.4 is 4.72 Å². The van der Waals surface area contributed by atoms with Crippen molar-refractivity contribution < 1.29 is 13.2 Å². The molecule has 0 unspecified atom stereocenters. The molecule has 0 bridgehead atoms. The van der Waals surface area contributed by atoms with Crippen LogP contribution >= 0.6 is 0 Å². The second-order valence-corrected chi connectivity index (χ2v) is 8.84. The lowest BCUT2D eigenvalue weighted by Gasteiger charge is -2.29. The summed E-state index contributed by atoms with van der Waals surface area (Å²) in [5.74, 6) is 0.395. The van der Waals surface area contributed by atoms with Gasteiger partial charge in [-0.25, -0.2) is 8.42 Å². The summed E-state index contributed by atoms with van der Waals surface area (Å²) < 4.78 is 27.5. The highest BCUT2D eigenvalue weighted by molar-refractivity contribution is 7.91. The van der Waals surface area contributed by atoms with Crippen LogP contribution in [0, 0.1) is 5.92 Å². The van der Waals surface area contributed by atoms with E-state index in [4.69, 9.17) is 0 Å². The van der Waals surface area contributed by atoms with Crippen LogP contribution in [-0.4, -0.2) is 25.8 Å². The second-order valence-electron chi connectivity index (χ2n) is 7.11. The number of hydrogen-bond donors (Lipinski definition) is 1. The van der Waals surface area contributed by atoms with E-state index in [1.165, 1.54) is 5.56 Å². The molecular weight excluding hydrogens is 348 g/mol. The minimum Gasteiger partial charge on any atom is -0.338 e. The minimum atomic E-state index is -3.48. The van der Waals surface area contributed by atoms with Crippen molar-refractivity contribution in [3.05, 3.63) is 65.2 Å². The Morgan fingerprint density at radius 3 is 2.58 bits per heavy atom. The molecule has 4 rings (SSSR count). The van der Waals surface area contributed by atoms with E-state index in [0.29, 0.717) is 12.2 Å². The highest BCUT2D eigenvalue weighted by atomic mass is 32.2. The van der Waals surface area contributed by atoms with Gasteiger partial charge in [-0.2, -0.15) is 0 Å². The Labute approximate surface area is 154 Å². The number of nitrogens with one attached hydrogen (secondary N) is 1. The van der Waals surface area contributed by atoms with Crippen LogP contribution in [0.4, 0.5) is 5.69 Å². The maximum absolute atomic E-state index is 12.4. The molecule has 26 heavy (non-hydrogen) atoms. The number of amides is 1. The van der Waals surface area contributed by atoms with Gasteiger partial charge in [0.2, 0.25) is 15.9 Å². The van der Waals surface area contributed by atoms with Gasteiger partial charge < -0.3 is 4.90 Å². The first-order chi connectivity index (χ1) is 12.5. The van der Waals surface area contributed by atoms with Crippen molar-refractivity contribution in [2.45, 2.75) is 31.6 Å². The fourth-order valence-electron chi connectivity index (χ4n) is 3.41. The lowest BCUT2D eigenvalue weighted by molar-refractivity contribution is -0.133. The van der Waals surface area contributed by atoms with Crippen molar-refractivity contribution in [3.8, 4) is 0 Å². The summed E-state index contributed by atoms with van der Waals surface area (Å²) in [5.41, 5.74) is 3.53. The highest BCUT2D eigenvalue weighted by Gasteiger charge is 2.34. The molecule has 2 aromatic carbocycles. The number of rotatable bonds is 5. The number of hydrogen-bond acceptors (Lipinski definition) is 3. The van der Waals surface area contributed by atoms with Gasteiger partial charge in [-0.3, -0.25) is 9.52 Å². The number of carbonyl (C=O) groups is 1. The summed E-state index contributed by atoms with van der Waals surface area (Å²) in [6, 6.07) is 14.8. The lowest BCUT2D eigenvalue weighted by atomic mass is 9.99. The molecule has 1 amide bonds. The molecule has 2 aromatic rings. The predicted octanol–water partition coefficient (Wildman–Crippen LogP) is 2.92. The van der Waals surface area contributed by atoms with Crippen molar-refractivity contribution in [1.82, 2.24) is 4.90 Å². The molecule has 1 aliphatic heterocycles. The summed E-state index contributed by atoms with van der Waals surface area (Å²) >= 11 is 0. The van der Waals surface area contributed by atoms with Crippen LogP contribution in [-0.2, 0) is 33.5 Å². The predicted molar refractivity (Wildman–Crippen MR) is 101 cm³/mol. The van der Waals surface area contributed by atoms with Gasteiger partial charge >= 0.3 is 0 Å². The number of fused-ring (bicyclic) bond motifs is 1. The zero-order valence-electron chi connectivity index (χ0n) is 14.5. The molecule has 1 saturated carbocycles. The SMILES string of the molecule is O=C(C1CC1)N1CCc2ccc(NS(=O)(=O)Cc3ccccc3)cc2C1. The largest absolute Gasteiger partial charge is 0.338 e. The second kappa shape index (κ2) is 6.76. The Morgan fingerprint density at radius 1 is 1.08 bits per heavy atom. The van der Waals surface area contributed by atoms with Crippen molar-refractivity contribution in [3.63, 3.8) is 0 Å². The van der Waals surface area contributed by atoms with E-state index < -0.39 is 10.0 Å². The quantitative estimate of drug-likeness (QED) is 0.880. The first-order valence-electron chi connectivity index (χ1n) is 8.95.